The van der Waals surface area contributed by atoms with Crippen LogP contribution in [0.15, 0.2) is 66.7 Å². The van der Waals surface area contributed by atoms with Crippen molar-refractivity contribution in [1.29, 1.82) is 0 Å². The molecule has 1 heterocycles. The average Bonchev–Trinajstić information content (AvgIpc) is 3.09. The van der Waals surface area contributed by atoms with E-state index in [1.807, 2.05) is 71.4 Å². The van der Waals surface area contributed by atoms with E-state index in [1.165, 1.54) is 0 Å². The molecule has 0 saturated carbocycles. The summed E-state index contributed by atoms with van der Waals surface area (Å²) in [6.45, 7) is 0.952. The van der Waals surface area contributed by atoms with Crippen LogP contribution in [0.1, 0.15) is 35.3 Å². The molecule has 0 radical (unpaired) electrons. The maximum Gasteiger partial charge on any atom is 0.214 e. The molecule has 0 atom stereocenters. The Morgan fingerprint density at radius 1 is 0.852 bits per heavy atom. The van der Waals surface area contributed by atoms with Gasteiger partial charge in [0.1, 0.15) is 5.69 Å². The predicted molar refractivity (Wildman–Crippen MR) is 108 cm³/mol. The number of rotatable bonds is 7. The maximum atomic E-state index is 13.4. The van der Waals surface area contributed by atoms with Gasteiger partial charge in [-0.15, -0.1) is 0 Å². The molecule has 0 unspecified atom stereocenters. The molecule has 0 bridgehead atoms. The Balaban J connectivity index is 1.75. The van der Waals surface area contributed by atoms with E-state index >= 15 is 0 Å². The molecule has 4 rings (SSSR count). The zero-order valence-corrected chi connectivity index (χ0v) is 15.1. The second kappa shape index (κ2) is 7.72. The van der Waals surface area contributed by atoms with Gasteiger partial charge in [-0.1, -0.05) is 60.7 Å². The maximum absolute atomic E-state index is 13.4. The zero-order chi connectivity index (χ0) is 18.6. The number of nitrogens with zero attached hydrogens (tertiary/aromatic N) is 2. The summed E-state index contributed by atoms with van der Waals surface area (Å²) < 4.78 is 1.92. The molecule has 4 aromatic rings. The number of carbonyl (C=O) groups excluding carboxylic acids is 1. The van der Waals surface area contributed by atoms with Crippen molar-refractivity contribution in [2.24, 2.45) is 0 Å². The third-order valence-electron chi connectivity index (χ3n) is 4.94. The smallest absolute Gasteiger partial charge is 0.214 e. The van der Waals surface area contributed by atoms with Gasteiger partial charge in [0, 0.05) is 24.1 Å². The van der Waals surface area contributed by atoms with Crippen molar-refractivity contribution in [2.75, 3.05) is 6.61 Å². The molecule has 0 aliphatic rings. The highest BCUT2D eigenvalue weighted by molar-refractivity contribution is 6.20. The van der Waals surface area contributed by atoms with Crippen molar-refractivity contribution in [3.05, 3.63) is 78.0 Å². The summed E-state index contributed by atoms with van der Waals surface area (Å²) in [6, 6.07) is 21.6. The Morgan fingerprint density at radius 2 is 1.59 bits per heavy atom. The van der Waals surface area contributed by atoms with E-state index in [2.05, 4.69) is 5.10 Å². The molecule has 0 aliphatic carbocycles. The first-order valence-corrected chi connectivity index (χ1v) is 9.38. The van der Waals surface area contributed by atoms with Gasteiger partial charge in [0.25, 0.3) is 0 Å². The number of hydrogen-bond acceptors (Lipinski definition) is 3. The van der Waals surface area contributed by atoms with Crippen LogP contribution in [-0.2, 0) is 6.54 Å². The molecule has 4 nitrogen and oxygen atoms in total. The minimum Gasteiger partial charge on any atom is -0.396 e. The normalized spacial score (nSPS) is 11.3. The predicted octanol–water partition coefficient (Wildman–Crippen LogP) is 4.58. The Morgan fingerprint density at radius 3 is 2.44 bits per heavy atom. The van der Waals surface area contributed by atoms with Crippen molar-refractivity contribution < 1.29 is 9.90 Å². The fourth-order valence-electron chi connectivity index (χ4n) is 3.57. The summed E-state index contributed by atoms with van der Waals surface area (Å²) >= 11 is 0. The molecular formula is C23H22N2O2. The van der Waals surface area contributed by atoms with Crippen LogP contribution in [0.25, 0.3) is 21.7 Å². The highest BCUT2D eigenvalue weighted by atomic mass is 16.2. The highest BCUT2D eigenvalue weighted by Gasteiger charge is 2.20. The zero-order valence-electron chi connectivity index (χ0n) is 15.1. The second-order valence-corrected chi connectivity index (χ2v) is 6.73. The number of fused-ring (bicyclic) bond motifs is 2. The van der Waals surface area contributed by atoms with Gasteiger partial charge in [-0.3, -0.25) is 9.48 Å². The molecule has 0 amide bonds. The summed E-state index contributed by atoms with van der Waals surface area (Å²) in [7, 11) is 0. The lowest BCUT2D eigenvalue weighted by Gasteiger charge is -2.04. The summed E-state index contributed by atoms with van der Waals surface area (Å²) in [6.07, 6.45) is 2.66. The third-order valence-corrected chi connectivity index (χ3v) is 4.94. The standard InChI is InChI=1S/C23H22N2O2/c26-16-7-1-6-15-25-21-14-5-4-12-20(21)22(24-25)23(27)19-13-8-10-17-9-2-3-11-18(17)19/h2-5,8-14,26H,1,6-7,15-16H2. The van der Waals surface area contributed by atoms with E-state index in [1.54, 1.807) is 0 Å². The Bertz CT molecular complexity index is 1090. The minimum atomic E-state index is -0.0443. The van der Waals surface area contributed by atoms with Crippen LogP contribution < -0.4 is 0 Å². The fraction of sp³-hybridized carbons (Fsp3) is 0.217. The molecule has 1 aromatic heterocycles. The van der Waals surface area contributed by atoms with Gasteiger partial charge in [0.05, 0.1) is 5.52 Å². The van der Waals surface area contributed by atoms with Gasteiger partial charge in [0.2, 0.25) is 5.78 Å². The Kier molecular flexibility index (Phi) is 4.99. The van der Waals surface area contributed by atoms with Crippen molar-refractivity contribution in [3.63, 3.8) is 0 Å². The van der Waals surface area contributed by atoms with Crippen molar-refractivity contribution in [3.8, 4) is 0 Å². The lowest BCUT2D eigenvalue weighted by atomic mass is 9.99. The Hall–Kier alpha value is -2.98. The van der Waals surface area contributed by atoms with Crippen molar-refractivity contribution in [1.82, 2.24) is 9.78 Å². The Labute approximate surface area is 158 Å². The van der Waals surface area contributed by atoms with E-state index in [0.717, 1.165) is 47.5 Å². The number of aryl methyl sites for hydroxylation is 1. The average molecular weight is 358 g/mol. The van der Waals surface area contributed by atoms with Gasteiger partial charge in [-0.05, 0) is 36.1 Å². The number of unbranched alkanes of at least 4 members (excludes halogenated alkanes) is 2. The van der Waals surface area contributed by atoms with Crippen LogP contribution in [0.3, 0.4) is 0 Å². The quantitative estimate of drug-likeness (QED) is 0.388. The third kappa shape index (κ3) is 3.36. The molecule has 4 heteroatoms. The van der Waals surface area contributed by atoms with Crippen LogP contribution in [0.4, 0.5) is 0 Å². The minimum absolute atomic E-state index is 0.0443. The van der Waals surface area contributed by atoms with Crippen LogP contribution in [-0.4, -0.2) is 27.3 Å². The number of aliphatic hydroxyl groups is 1. The van der Waals surface area contributed by atoms with E-state index in [9.17, 15) is 4.79 Å². The first-order valence-electron chi connectivity index (χ1n) is 9.38. The molecule has 0 fully saturated rings. The van der Waals surface area contributed by atoms with Crippen LogP contribution >= 0.6 is 0 Å². The van der Waals surface area contributed by atoms with Gasteiger partial charge in [0.15, 0.2) is 0 Å². The first-order chi connectivity index (χ1) is 13.3. The summed E-state index contributed by atoms with van der Waals surface area (Å²) in [4.78, 5) is 13.4. The number of carbonyl (C=O) groups is 1. The van der Waals surface area contributed by atoms with E-state index < -0.39 is 0 Å². The molecule has 0 saturated heterocycles. The van der Waals surface area contributed by atoms with Gasteiger partial charge < -0.3 is 5.11 Å². The second-order valence-electron chi connectivity index (χ2n) is 6.73. The number of para-hydroxylation sites is 1. The van der Waals surface area contributed by atoms with Gasteiger partial charge >= 0.3 is 0 Å². The molecule has 136 valence electrons. The first kappa shape index (κ1) is 17.4. The molecule has 0 spiro atoms. The number of hydrogen-bond donors (Lipinski definition) is 1. The fourth-order valence-corrected chi connectivity index (χ4v) is 3.57. The van der Waals surface area contributed by atoms with Crippen LogP contribution in [0.2, 0.25) is 0 Å². The number of benzene rings is 3. The van der Waals surface area contributed by atoms with Crippen LogP contribution in [0, 0.1) is 0 Å². The molecule has 0 aliphatic heterocycles. The van der Waals surface area contributed by atoms with Crippen LogP contribution in [0.5, 0.6) is 0 Å². The van der Waals surface area contributed by atoms with E-state index in [0.29, 0.717) is 11.3 Å². The largest absolute Gasteiger partial charge is 0.396 e. The van der Waals surface area contributed by atoms with E-state index in [4.69, 9.17) is 5.11 Å². The SMILES string of the molecule is O=C(c1cccc2ccccc12)c1nn(CCCCCO)c2ccccc12. The lowest BCUT2D eigenvalue weighted by molar-refractivity contribution is 0.103. The molecule has 3 aromatic carbocycles. The number of aromatic nitrogens is 2. The van der Waals surface area contributed by atoms with Gasteiger partial charge in [-0.25, -0.2) is 0 Å². The molecular weight excluding hydrogens is 336 g/mol. The number of aliphatic hydroxyl groups excluding tert-OH is 1. The van der Waals surface area contributed by atoms with E-state index in [-0.39, 0.29) is 12.4 Å². The summed E-state index contributed by atoms with van der Waals surface area (Å²) in [5, 5.41) is 16.5. The highest BCUT2D eigenvalue weighted by Crippen LogP contribution is 2.25. The summed E-state index contributed by atoms with van der Waals surface area (Å²) in [5.74, 6) is -0.0443. The molecule has 27 heavy (non-hydrogen) atoms. The van der Waals surface area contributed by atoms with Gasteiger partial charge in [-0.2, -0.15) is 5.10 Å². The monoisotopic (exact) mass is 358 g/mol. The van der Waals surface area contributed by atoms with Crippen molar-refractivity contribution in [2.45, 2.75) is 25.8 Å². The van der Waals surface area contributed by atoms with Crippen molar-refractivity contribution >= 4 is 27.5 Å². The molecule has 1 N–H and O–H groups in total. The summed E-state index contributed by atoms with van der Waals surface area (Å²) in [5.41, 5.74) is 2.16. The number of ketones is 1. The topological polar surface area (TPSA) is 55.1 Å². The lowest BCUT2D eigenvalue weighted by Crippen LogP contribution is -2.06.